The molecule has 0 bridgehead atoms. The Morgan fingerprint density at radius 2 is 0.615 bits per heavy atom. The minimum absolute atomic E-state index is 0.0175. The number of carboxylic acid groups (broad SMARTS) is 1. The third-order valence-electron chi connectivity index (χ3n) is 10.9. The van der Waals surface area contributed by atoms with Gasteiger partial charge in [-0.2, -0.15) is 0 Å². The van der Waals surface area contributed by atoms with Crippen LogP contribution in [-0.2, 0) is 14.3 Å². The Morgan fingerprint density at radius 1 is 0.365 bits per heavy atom. The molecule has 4 heteroatoms. The molecule has 0 fully saturated rings. The van der Waals surface area contributed by atoms with E-state index in [2.05, 4.69) is 27.7 Å². The van der Waals surface area contributed by atoms with Gasteiger partial charge in [-0.25, -0.2) is 0 Å². The quantitative estimate of drug-likeness (QED) is 0.0501. The summed E-state index contributed by atoms with van der Waals surface area (Å²) in [7, 11) is 0. The molecule has 1 N–H and O–H groups in total. The van der Waals surface area contributed by atoms with Crippen LogP contribution < -0.4 is 0 Å². The van der Waals surface area contributed by atoms with E-state index in [9.17, 15) is 14.7 Å². The van der Waals surface area contributed by atoms with Crippen LogP contribution in [0, 0.1) is 5.92 Å². The van der Waals surface area contributed by atoms with Crippen LogP contribution in [0.5, 0.6) is 0 Å². The van der Waals surface area contributed by atoms with Gasteiger partial charge in [-0.1, -0.05) is 252 Å². The molecule has 0 aromatic carbocycles. The summed E-state index contributed by atoms with van der Waals surface area (Å²) < 4.78 is 5.34. The highest BCUT2D eigenvalue weighted by Crippen LogP contribution is 2.20. The fourth-order valence-corrected chi connectivity index (χ4v) is 7.22. The molecule has 0 radical (unpaired) electrons. The molecule has 0 aliphatic rings. The zero-order valence-corrected chi connectivity index (χ0v) is 36.2. The second-order valence-electron chi connectivity index (χ2n) is 16.3. The van der Waals surface area contributed by atoms with E-state index in [-0.39, 0.29) is 11.9 Å². The lowest BCUT2D eigenvalue weighted by atomic mass is 9.94. The van der Waals surface area contributed by atoms with Gasteiger partial charge in [-0.3, -0.25) is 9.59 Å². The smallest absolute Gasteiger partial charge is 0.306 e. The van der Waals surface area contributed by atoms with Crippen molar-refractivity contribution >= 4 is 11.9 Å². The molecule has 0 aromatic heterocycles. The molecule has 0 aliphatic carbocycles. The maximum atomic E-state index is 11.7. The number of carbonyl (C=O) groups is 2. The maximum Gasteiger partial charge on any atom is 0.306 e. The molecule has 0 aromatic rings. The van der Waals surface area contributed by atoms with E-state index in [0.29, 0.717) is 13.0 Å². The molecule has 1 unspecified atom stereocenters. The van der Waals surface area contributed by atoms with Gasteiger partial charge in [0.25, 0.3) is 0 Å². The zero-order chi connectivity index (χ0) is 38.4. The third-order valence-corrected chi connectivity index (χ3v) is 10.9. The molecular weight excluding hydrogens is 641 g/mol. The second-order valence-corrected chi connectivity index (χ2v) is 16.3. The van der Waals surface area contributed by atoms with Gasteiger partial charge in [0.15, 0.2) is 0 Å². The summed E-state index contributed by atoms with van der Waals surface area (Å²) in [6.45, 7) is 9.67. The lowest BCUT2D eigenvalue weighted by Crippen LogP contribution is -2.13. The average molecular weight is 737 g/mol. The monoisotopic (exact) mass is 737 g/mol. The molecule has 0 saturated carbocycles. The summed E-state index contributed by atoms with van der Waals surface area (Å²) in [5.74, 6) is -0.642. The van der Waals surface area contributed by atoms with E-state index in [0.717, 1.165) is 38.5 Å². The summed E-state index contributed by atoms with van der Waals surface area (Å²) in [5.41, 5.74) is 0. The predicted octanol–water partition coefficient (Wildman–Crippen LogP) is 16.9. The molecule has 4 nitrogen and oxygen atoms in total. The first-order chi connectivity index (χ1) is 25.5. The number of aliphatic carboxylic acids is 1. The number of unbranched alkanes of at least 4 members (excludes halogenated alkanes) is 33. The van der Waals surface area contributed by atoms with Crippen LogP contribution in [-0.4, -0.2) is 23.7 Å². The molecule has 312 valence electrons. The molecule has 0 aliphatic heterocycles. The molecule has 0 spiro atoms. The first-order valence-electron chi connectivity index (χ1n) is 23.9. The molecular formula is C48H96O4. The van der Waals surface area contributed by atoms with Crippen LogP contribution in [0.3, 0.4) is 0 Å². The number of hydrogen-bond acceptors (Lipinski definition) is 3. The van der Waals surface area contributed by atoms with Crippen molar-refractivity contribution in [2.75, 3.05) is 6.61 Å². The van der Waals surface area contributed by atoms with Crippen molar-refractivity contribution in [3.63, 3.8) is 0 Å². The van der Waals surface area contributed by atoms with Crippen molar-refractivity contribution in [1.29, 1.82) is 0 Å². The van der Waals surface area contributed by atoms with Crippen molar-refractivity contribution in [2.24, 2.45) is 5.92 Å². The van der Waals surface area contributed by atoms with E-state index >= 15 is 0 Å². The van der Waals surface area contributed by atoms with Crippen molar-refractivity contribution in [3.05, 3.63) is 0 Å². The average Bonchev–Trinajstić information content (AvgIpc) is 3.14. The van der Waals surface area contributed by atoms with E-state index in [1.807, 2.05) is 0 Å². The number of carbonyl (C=O) groups excluding carboxylic acids is 1. The number of ether oxygens (including phenoxy) is 1. The van der Waals surface area contributed by atoms with E-state index in [4.69, 9.17) is 4.74 Å². The highest BCUT2D eigenvalue weighted by atomic mass is 16.5. The van der Waals surface area contributed by atoms with Crippen LogP contribution in [0.15, 0.2) is 0 Å². The number of esters is 1. The van der Waals surface area contributed by atoms with E-state index < -0.39 is 5.97 Å². The van der Waals surface area contributed by atoms with Gasteiger partial charge < -0.3 is 9.84 Å². The van der Waals surface area contributed by atoms with Crippen molar-refractivity contribution < 1.29 is 19.4 Å². The van der Waals surface area contributed by atoms with Gasteiger partial charge in [0.1, 0.15) is 0 Å². The van der Waals surface area contributed by atoms with Crippen LogP contribution in [0.25, 0.3) is 0 Å². The van der Waals surface area contributed by atoms with Gasteiger partial charge in [0, 0.05) is 6.42 Å². The lowest BCUT2D eigenvalue weighted by molar-refractivity contribution is -0.144. The molecule has 0 saturated heterocycles. The van der Waals surface area contributed by atoms with Gasteiger partial charge in [-0.05, 0) is 25.7 Å². The molecule has 0 rings (SSSR count). The predicted molar refractivity (Wildman–Crippen MR) is 229 cm³/mol. The van der Waals surface area contributed by atoms with Crippen LogP contribution in [0.2, 0.25) is 0 Å². The van der Waals surface area contributed by atoms with Crippen molar-refractivity contribution in [1.82, 2.24) is 0 Å². The minimum Gasteiger partial charge on any atom is -0.481 e. The number of hydrogen-bond donors (Lipinski definition) is 1. The normalized spacial score (nSPS) is 11.7. The fraction of sp³-hybridized carbons (Fsp3) is 0.958. The second kappa shape index (κ2) is 48.0. The third kappa shape index (κ3) is 47.0. The Morgan fingerprint density at radius 3 is 0.904 bits per heavy atom. The first-order valence-corrected chi connectivity index (χ1v) is 23.9. The lowest BCUT2D eigenvalue weighted by Gasteiger charge is -2.12. The van der Waals surface area contributed by atoms with Gasteiger partial charge in [-0.15, -0.1) is 0 Å². The molecule has 1 atom stereocenters. The summed E-state index contributed by atoms with van der Waals surface area (Å²) in [4.78, 5) is 23.1. The first kappa shape index (κ1) is 53.0. The highest BCUT2D eigenvalue weighted by Gasteiger charge is 2.16. The summed E-state index contributed by atoms with van der Waals surface area (Å²) in [6, 6.07) is 0. The standard InChI is InChI=1S/2C24H48O2/c1-3-5-7-9-11-13-14-15-16-18-20-22-24(25)26-23-21-19-17-12-10-8-6-4-2;1-3-5-7-9-11-13-14-16-18-20-22-23(24(25)26)21-19-17-15-12-10-8-6-4-2/h3-23H2,1-2H3;23H,3-22H2,1-2H3,(H,25,26). The van der Waals surface area contributed by atoms with Crippen molar-refractivity contribution in [2.45, 2.75) is 285 Å². The van der Waals surface area contributed by atoms with E-state index in [1.165, 1.54) is 212 Å². The Bertz CT molecular complexity index is 675. The fourth-order valence-electron chi connectivity index (χ4n) is 7.22. The summed E-state index contributed by atoms with van der Waals surface area (Å²) in [5, 5.41) is 9.42. The maximum absolute atomic E-state index is 11.7. The van der Waals surface area contributed by atoms with Gasteiger partial charge in [0.2, 0.25) is 0 Å². The summed E-state index contributed by atoms with van der Waals surface area (Å²) >= 11 is 0. The van der Waals surface area contributed by atoms with Crippen molar-refractivity contribution in [3.8, 4) is 0 Å². The van der Waals surface area contributed by atoms with Crippen LogP contribution in [0.4, 0.5) is 0 Å². The minimum atomic E-state index is -0.566. The Labute approximate surface area is 327 Å². The summed E-state index contributed by atoms with van der Waals surface area (Å²) in [6.07, 6.45) is 50.8. The molecule has 0 heterocycles. The Hall–Kier alpha value is -1.06. The topological polar surface area (TPSA) is 63.6 Å². The molecule has 0 amide bonds. The Balaban J connectivity index is 0. The van der Waals surface area contributed by atoms with Gasteiger partial charge >= 0.3 is 11.9 Å². The SMILES string of the molecule is CCCCCCCCCCCCC(CCCCCCCCCC)C(=O)O.CCCCCCCCCCCCCC(=O)OCCCCCCCCCC. The van der Waals surface area contributed by atoms with Crippen LogP contribution in [0.1, 0.15) is 285 Å². The van der Waals surface area contributed by atoms with E-state index in [1.54, 1.807) is 0 Å². The van der Waals surface area contributed by atoms with Crippen LogP contribution >= 0.6 is 0 Å². The largest absolute Gasteiger partial charge is 0.481 e. The molecule has 52 heavy (non-hydrogen) atoms. The number of carboxylic acids is 1. The zero-order valence-electron chi connectivity index (χ0n) is 36.2. The highest BCUT2D eigenvalue weighted by molar-refractivity contribution is 5.69. The van der Waals surface area contributed by atoms with Gasteiger partial charge in [0.05, 0.1) is 12.5 Å². The Kier molecular flexibility index (Phi) is 48.9. The number of rotatable bonds is 42.